The van der Waals surface area contributed by atoms with Gasteiger partial charge in [-0.3, -0.25) is 0 Å². The Morgan fingerprint density at radius 1 is 0.950 bits per heavy atom. The fourth-order valence-electron chi connectivity index (χ4n) is 1.45. The van der Waals surface area contributed by atoms with Gasteiger partial charge in [-0.2, -0.15) is 0 Å². The summed E-state index contributed by atoms with van der Waals surface area (Å²) in [5, 5.41) is 5.42. The minimum atomic E-state index is 0.601. The van der Waals surface area contributed by atoms with Gasteiger partial charge in [0, 0.05) is 25.1 Å². The summed E-state index contributed by atoms with van der Waals surface area (Å²) in [6.07, 6.45) is 0. The van der Waals surface area contributed by atoms with E-state index in [-0.39, 0.29) is 0 Å². The van der Waals surface area contributed by atoms with E-state index in [1.807, 2.05) is 0 Å². The quantitative estimate of drug-likeness (QED) is 0.528. The van der Waals surface area contributed by atoms with E-state index in [4.69, 9.17) is 18.9 Å². The van der Waals surface area contributed by atoms with Gasteiger partial charge in [-0.25, -0.2) is 0 Å². The molecule has 0 aromatic carbocycles. The molecule has 5 nitrogen and oxygen atoms in total. The van der Waals surface area contributed by atoms with Crippen molar-refractivity contribution >= 4 is 11.3 Å². The summed E-state index contributed by atoms with van der Waals surface area (Å²) >= 11 is 1.76. The Labute approximate surface area is 125 Å². The summed E-state index contributed by atoms with van der Waals surface area (Å²) in [5.41, 5.74) is 0. The van der Waals surface area contributed by atoms with Crippen molar-refractivity contribution in [2.75, 3.05) is 59.9 Å². The SMILES string of the molecule is COCCOCCOCCOCCNCc1cccs1. The molecule has 0 spiro atoms. The predicted molar refractivity (Wildman–Crippen MR) is 80.4 cm³/mol. The van der Waals surface area contributed by atoms with Crippen molar-refractivity contribution in [3.63, 3.8) is 0 Å². The highest BCUT2D eigenvalue weighted by molar-refractivity contribution is 7.09. The molecule has 0 aliphatic heterocycles. The first-order valence-electron chi connectivity index (χ1n) is 6.88. The van der Waals surface area contributed by atoms with Gasteiger partial charge in [0.15, 0.2) is 0 Å². The Morgan fingerprint density at radius 2 is 1.60 bits per heavy atom. The predicted octanol–water partition coefficient (Wildman–Crippen LogP) is 1.53. The van der Waals surface area contributed by atoms with Crippen LogP contribution in [-0.2, 0) is 25.5 Å². The second-order valence-corrected chi connectivity index (χ2v) is 5.12. The highest BCUT2D eigenvalue weighted by Gasteiger charge is 1.94. The van der Waals surface area contributed by atoms with Crippen molar-refractivity contribution in [1.29, 1.82) is 0 Å². The van der Waals surface area contributed by atoms with E-state index in [1.54, 1.807) is 18.4 Å². The van der Waals surface area contributed by atoms with Gasteiger partial charge in [0.1, 0.15) is 0 Å². The van der Waals surface area contributed by atoms with Gasteiger partial charge in [-0.1, -0.05) is 6.07 Å². The van der Waals surface area contributed by atoms with E-state index in [0.717, 1.165) is 13.1 Å². The first-order valence-corrected chi connectivity index (χ1v) is 7.76. The summed E-state index contributed by atoms with van der Waals surface area (Å²) in [6.45, 7) is 6.16. The van der Waals surface area contributed by atoms with Crippen molar-refractivity contribution < 1.29 is 18.9 Å². The number of nitrogens with one attached hydrogen (secondary N) is 1. The second-order valence-electron chi connectivity index (χ2n) is 4.09. The van der Waals surface area contributed by atoms with Gasteiger partial charge in [0.25, 0.3) is 0 Å². The molecule has 0 fully saturated rings. The van der Waals surface area contributed by atoms with E-state index < -0.39 is 0 Å². The third-order valence-electron chi connectivity index (χ3n) is 2.48. The number of hydrogen-bond donors (Lipinski definition) is 1. The van der Waals surface area contributed by atoms with E-state index in [0.29, 0.717) is 46.2 Å². The lowest BCUT2D eigenvalue weighted by atomic mass is 10.4. The lowest BCUT2D eigenvalue weighted by Crippen LogP contribution is -2.20. The highest BCUT2D eigenvalue weighted by Crippen LogP contribution is 2.06. The minimum absolute atomic E-state index is 0.601. The lowest BCUT2D eigenvalue weighted by Gasteiger charge is -2.07. The van der Waals surface area contributed by atoms with Crippen LogP contribution in [0.25, 0.3) is 0 Å². The van der Waals surface area contributed by atoms with Crippen LogP contribution < -0.4 is 5.32 Å². The minimum Gasteiger partial charge on any atom is -0.382 e. The molecule has 0 bridgehead atoms. The molecule has 0 amide bonds. The maximum Gasteiger partial charge on any atom is 0.0701 e. The number of hydrogen-bond acceptors (Lipinski definition) is 6. The molecule has 1 aromatic rings. The van der Waals surface area contributed by atoms with E-state index in [2.05, 4.69) is 22.8 Å². The summed E-state index contributed by atoms with van der Waals surface area (Å²) < 4.78 is 21.0. The molecule has 1 rings (SSSR count). The smallest absolute Gasteiger partial charge is 0.0701 e. The Bertz CT molecular complexity index is 295. The zero-order chi connectivity index (χ0) is 14.3. The molecule has 6 heteroatoms. The molecule has 1 heterocycles. The molecular formula is C14H25NO4S. The normalized spacial score (nSPS) is 11.1. The summed E-state index contributed by atoms with van der Waals surface area (Å²) in [4.78, 5) is 1.35. The van der Waals surface area contributed by atoms with Crippen LogP contribution in [0.2, 0.25) is 0 Å². The number of rotatable bonds is 14. The van der Waals surface area contributed by atoms with Crippen LogP contribution in [-0.4, -0.2) is 59.9 Å². The van der Waals surface area contributed by atoms with Crippen LogP contribution in [0, 0.1) is 0 Å². The van der Waals surface area contributed by atoms with Crippen LogP contribution in [0.1, 0.15) is 4.88 Å². The summed E-state index contributed by atoms with van der Waals surface area (Å²) in [6, 6.07) is 4.19. The van der Waals surface area contributed by atoms with Crippen LogP contribution >= 0.6 is 11.3 Å². The van der Waals surface area contributed by atoms with Crippen molar-refractivity contribution in [2.24, 2.45) is 0 Å². The van der Waals surface area contributed by atoms with E-state index >= 15 is 0 Å². The van der Waals surface area contributed by atoms with E-state index in [9.17, 15) is 0 Å². The van der Waals surface area contributed by atoms with Gasteiger partial charge in [0.2, 0.25) is 0 Å². The number of thiophene rings is 1. The first kappa shape index (κ1) is 17.6. The Balaban J connectivity index is 1.70. The number of methoxy groups -OCH3 is 1. The molecule has 0 atom stereocenters. The summed E-state index contributed by atoms with van der Waals surface area (Å²) in [7, 11) is 1.66. The van der Waals surface area contributed by atoms with Crippen LogP contribution in [0.15, 0.2) is 17.5 Å². The molecule has 1 N–H and O–H groups in total. The molecule has 0 aliphatic carbocycles. The first-order chi connectivity index (χ1) is 9.93. The standard InChI is InChI=1S/C14H25NO4S/c1-16-6-7-18-10-11-19-9-8-17-5-4-15-13-14-3-2-12-20-14/h2-3,12,15H,4-11,13H2,1H3. The zero-order valence-corrected chi connectivity index (χ0v) is 13.0. The molecule has 0 radical (unpaired) electrons. The Kier molecular flexibility index (Phi) is 11.8. The second kappa shape index (κ2) is 13.5. The molecule has 0 aliphatic rings. The topological polar surface area (TPSA) is 49.0 Å². The molecular weight excluding hydrogens is 278 g/mol. The van der Waals surface area contributed by atoms with Crippen molar-refractivity contribution in [3.05, 3.63) is 22.4 Å². The zero-order valence-electron chi connectivity index (χ0n) is 12.1. The Morgan fingerprint density at radius 3 is 2.20 bits per heavy atom. The number of ether oxygens (including phenoxy) is 4. The van der Waals surface area contributed by atoms with E-state index in [1.165, 1.54) is 4.88 Å². The monoisotopic (exact) mass is 303 g/mol. The third kappa shape index (κ3) is 10.3. The highest BCUT2D eigenvalue weighted by atomic mass is 32.1. The van der Waals surface area contributed by atoms with Gasteiger partial charge in [-0.05, 0) is 11.4 Å². The van der Waals surface area contributed by atoms with Crippen LogP contribution in [0.3, 0.4) is 0 Å². The maximum atomic E-state index is 5.45. The fraction of sp³-hybridized carbons (Fsp3) is 0.714. The molecule has 0 saturated heterocycles. The molecule has 1 aromatic heterocycles. The average molecular weight is 303 g/mol. The molecule has 20 heavy (non-hydrogen) atoms. The van der Waals surface area contributed by atoms with Crippen LogP contribution in [0.5, 0.6) is 0 Å². The maximum absolute atomic E-state index is 5.45. The largest absolute Gasteiger partial charge is 0.382 e. The third-order valence-corrected chi connectivity index (χ3v) is 3.35. The fourth-order valence-corrected chi connectivity index (χ4v) is 2.13. The van der Waals surface area contributed by atoms with Gasteiger partial charge >= 0.3 is 0 Å². The average Bonchev–Trinajstić information content (AvgIpc) is 2.97. The van der Waals surface area contributed by atoms with Crippen LogP contribution in [0.4, 0.5) is 0 Å². The molecule has 116 valence electrons. The van der Waals surface area contributed by atoms with Gasteiger partial charge in [-0.15, -0.1) is 11.3 Å². The van der Waals surface area contributed by atoms with Crippen molar-refractivity contribution in [2.45, 2.75) is 6.54 Å². The molecule has 0 saturated carbocycles. The molecule has 0 unspecified atom stereocenters. The van der Waals surface area contributed by atoms with Gasteiger partial charge < -0.3 is 24.3 Å². The van der Waals surface area contributed by atoms with Crippen molar-refractivity contribution in [1.82, 2.24) is 5.32 Å². The van der Waals surface area contributed by atoms with Gasteiger partial charge in [0.05, 0.1) is 46.2 Å². The lowest BCUT2D eigenvalue weighted by molar-refractivity contribution is 0.00409. The Hall–Kier alpha value is -0.500. The summed E-state index contributed by atoms with van der Waals surface area (Å²) in [5.74, 6) is 0. The van der Waals surface area contributed by atoms with Crippen molar-refractivity contribution in [3.8, 4) is 0 Å².